The van der Waals surface area contributed by atoms with E-state index in [1.54, 1.807) is 0 Å². The summed E-state index contributed by atoms with van der Waals surface area (Å²) < 4.78 is 27.7. The Balaban J connectivity index is 2.13. The van der Waals surface area contributed by atoms with Gasteiger partial charge in [0.2, 0.25) is 0 Å². The van der Waals surface area contributed by atoms with Gasteiger partial charge in [-0.3, -0.25) is 4.68 Å². The molecule has 0 fully saturated rings. The largest absolute Gasteiger partial charge is 0.330 e. The van der Waals surface area contributed by atoms with E-state index in [1.165, 1.54) is 29.5 Å². The lowest BCUT2D eigenvalue weighted by Gasteiger charge is -2.02. The van der Waals surface area contributed by atoms with Crippen LogP contribution in [0.5, 0.6) is 0 Å². The highest BCUT2D eigenvalue weighted by atomic mass is 32.2. The SMILES string of the molecule is NCCCn1cc(S(=O)(=O)Nc2nccnn2)cn1. The molecule has 0 unspecified atom stereocenters. The molecule has 2 heterocycles. The van der Waals surface area contributed by atoms with Crippen molar-refractivity contribution in [1.29, 1.82) is 0 Å². The van der Waals surface area contributed by atoms with Crippen molar-refractivity contribution >= 4 is 16.0 Å². The molecule has 0 atom stereocenters. The maximum atomic E-state index is 12.0. The van der Waals surface area contributed by atoms with E-state index in [2.05, 4.69) is 25.0 Å². The van der Waals surface area contributed by atoms with E-state index in [9.17, 15) is 8.42 Å². The summed E-state index contributed by atoms with van der Waals surface area (Å²) in [7, 11) is -3.75. The van der Waals surface area contributed by atoms with Gasteiger partial charge in [0.15, 0.2) is 0 Å². The number of hydrogen-bond acceptors (Lipinski definition) is 7. The molecular formula is C9H13N7O2S. The van der Waals surface area contributed by atoms with Crippen molar-refractivity contribution in [3.05, 3.63) is 24.8 Å². The number of sulfonamides is 1. The minimum atomic E-state index is -3.75. The van der Waals surface area contributed by atoms with Gasteiger partial charge in [0.05, 0.1) is 18.6 Å². The molecule has 0 bridgehead atoms. The van der Waals surface area contributed by atoms with Crippen LogP contribution < -0.4 is 10.5 Å². The van der Waals surface area contributed by atoms with Gasteiger partial charge < -0.3 is 5.73 Å². The monoisotopic (exact) mass is 283 g/mol. The Bertz CT molecular complexity index is 625. The molecular weight excluding hydrogens is 270 g/mol. The van der Waals surface area contributed by atoms with Crippen LogP contribution >= 0.6 is 0 Å². The van der Waals surface area contributed by atoms with Gasteiger partial charge >= 0.3 is 0 Å². The first kappa shape index (κ1) is 13.4. The van der Waals surface area contributed by atoms with Gasteiger partial charge in [0.1, 0.15) is 4.90 Å². The van der Waals surface area contributed by atoms with Crippen LogP contribution in [0.25, 0.3) is 0 Å². The topological polar surface area (TPSA) is 129 Å². The smallest absolute Gasteiger partial charge is 0.267 e. The zero-order valence-corrected chi connectivity index (χ0v) is 10.8. The van der Waals surface area contributed by atoms with Crippen LogP contribution in [0.1, 0.15) is 6.42 Å². The number of nitrogens with zero attached hydrogens (tertiary/aromatic N) is 5. The Morgan fingerprint density at radius 2 is 2.21 bits per heavy atom. The maximum absolute atomic E-state index is 12.0. The molecule has 9 nitrogen and oxygen atoms in total. The Hall–Kier alpha value is -2.07. The number of nitrogens with two attached hydrogens (primary N) is 1. The lowest BCUT2D eigenvalue weighted by Crippen LogP contribution is -2.14. The molecule has 2 rings (SSSR count). The van der Waals surface area contributed by atoms with E-state index in [1.807, 2.05) is 0 Å². The van der Waals surface area contributed by atoms with E-state index < -0.39 is 10.0 Å². The molecule has 0 aliphatic carbocycles. The molecule has 0 aliphatic heterocycles. The molecule has 10 heteroatoms. The van der Waals surface area contributed by atoms with Crippen LogP contribution in [0, 0.1) is 0 Å². The molecule has 0 saturated carbocycles. The molecule has 0 radical (unpaired) electrons. The summed E-state index contributed by atoms with van der Waals surface area (Å²) in [5.41, 5.74) is 5.38. The minimum Gasteiger partial charge on any atom is -0.330 e. The first-order valence-electron chi connectivity index (χ1n) is 5.51. The van der Waals surface area contributed by atoms with Gasteiger partial charge in [0, 0.05) is 12.7 Å². The van der Waals surface area contributed by atoms with Crippen molar-refractivity contribution in [2.24, 2.45) is 5.73 Å². The zero-order chi connectivity index (χ0) is 13.7. The van der Waals surface area contributed by atoms with Gasteiger partial charge in [-0.1, -0.05) is 0 Å². The Morgan fingerprint density at radius 1 is 1.37 bits per heavy atom. The fourth-order valence-electron chi connectivity index (χ4n) is 1.33. The van der Waals surface area contributed by atoms with Crippen LogP contribution in [0.15, 0.2) is 29.7 Å². The second-order valence-electron chi connectivity index (χ2n) is 3.65. The van der Waals surface area contributed by atoms with Crippen molar-refractivity contribution in [1.82, 2.24) is 25.0 Å². The second kappa shape index (κ2) is 5.71. The fraction of sp³-hybridized carbons (Fsp3) is 0.333. The predicted octanol–water partition coefficient (Wildman–Crippen LogP) is -0.782. The highest BCUT2D eigenvalue weighted by Gasteiger charge is 2.17. The molecule has 102 valence electrons. The number of aryl methyl sites for hydroxylation is 1. The summed E-state index contributed by atoms with van der Waals surface area (Å²) in [6, 6.07) is 0. The van der Waals surface area contributed by atoms with E-state index >= 15 is 0 Å². The lowest BCUT2D eigenvalue weighted by atomic mass is 10.4. The van der Waals surface area contributed by atoms with Crippen molar-refractivity contribution in [2.45, 2.75) is 17.9 Å². The predicted molar refractivity (Wildman–Crippen MR) is 66.5 cm³/mol. The van der Waals surface area contributed by atoms with Gasteiger partial charge in [-0.2, -0.15) is 10.2 Å². The van der Waals surface area contributed by atoms with Crippen LogP contribution in [-0.4, -0.2) is 39.9 Å². The highest BCUT2D eigenvalue weighted by molar-refractivity contribution is 7.92. The molecule has 0 saturated heterocycles. The second-order valence-corrected chi connectivity index (χ2v) is 5.34. The summed E-state index contributed by atoms with van der Waals surface area (Å²) in [6.45, 7) is 1.08. The minimum absolute atomic E-state index is 0.0389. The van der Waals surface area contributed by atoms with Crippen LogP contribution in [0.4, 0.5) is 5.95 Å². The van der Waals surface area contributed by atoms with Gasteiger partial charge in [0.25, 0.3) is 16.0 Å². The average molecular weight is 283 g/mol. The van der Waals surface area contributed by atoms with Crippen LogP contribution in [0.2, 0.25) is 0 Å². The van der Waals surface area contributed by atoms with Crippen LogP contribution in [-0.2, 0) is 16.6 Å². The van der Waals surface area contributed by atoms with Crippen molar-refractivity contribution in [3.8, 4) is 0 Å². The third-order valence-corrected chi connectivity index (χ3v) is 3.50. The summed E-state index contributed by atoms with van der Waals surface area (Å²) >= 11 is 0. The van der Waals surface area contributed by atoms with Gasteiger partial charge in [-0.05, 0) is 13.0 Å². The number of hydrogen-bond donors (Lipinski definition) is 2. The molecule has 19 heavy (non-hydrogen) atoms. The molecule has 2 aromatic rings. The van der Waals surface area contributed by atoms with E-state index in [4.69, 9.17) is 5.73 Å². The van der Waals surface area contributed by atoms with Crippen LogP contribution in [0.3, 0.4) is 0 Å². The Labute approximate surface area is 109 Å². The average Bonchev–Trinajstić information content (AvgIpc) is 2.86. The first-order valence-corrected chi connectivity index (χ1v) is 6.99. The quantitative estimate of drug-likeness (QED) is 0.711. The summed E-state index contributed by atoms with van der Waals surface area (Å²) in [5.74, 6) is -0.0859. The molecule has 3 N–H and O–H groups in total. The van der Waals surface area contributed by atoms with E-state index in [0.29, 0.717) is 13.1 Å². The first-order chi connectivity index (χ1) is 9.12. The summed E-state index contributed by atoms with van der Waals surface area (Å²) in [4.78, 5) is 3.78. The molecule has 2 aromatic heterocycles. The molecule has 0 spiro atoms. The molecule has 0 aromatic carbocycles. The summed E-state index contributed by atoms with van der Waals surface area (Å²) in [5, 5.41) is 11.0. The maximum Gasteiger partial charge on any atom is 0.267 e. The van der Waals surface area contributed by atoms with Gasteiger partial charge in [-0.25, -0.2) is 18.1 Å². The third kappa shape index (κ3) is 3.45. The zero-order valence-electron chi connectivity index (χ0n) is 9.97. The summed E-state index contributed by atoms with van der Waals surface area (Å²) in [6.07, 6.45) is 6.10. The van der Waals surface area contributed by atoms with Crippen molar-refractivity contribution in [2.75, 3.05) is 11.3 Å². The van der Waals surface area contributed by atoms with Crippen molar-refractivity contribution in [3.63, 3.8) is 0 Å². The molecule has 0 aliphatic rings. The standard InChI is InChI=1S/C9H13N7O2S/c10-2-1-5-16-7-8(6-13-16)19(17,18)15-9-11-3-4-12-14-9/h3-4,6-7H,1-2,5,10H2,(H,11,14,15). The highest BCUT2D eigenvalue weighted by Crippen LogP contribution is 2.11. The number of rotatable bonds is 6. The lowest BCUT2D eigenvalue weighted by molar-refractivity contribution is 0.582. The number of anilines is 1. The number of nitrogens with one attached hydrogen (secondary N) is 1. The van der Waals surface area contributed by atoms with Crippen molar-refractivity contribution < 1.29 is 8.42 Å². The van der Waals surface area contributed by atoms with Gasteiger partial charge in [-0.15, -0.1) is 5.10 Å². The Kier molecular flexibility index (Phi) is 4.02. The van der Waals surface area contributed by atoms with E-state index in [-0.39, 0.29) is 10.8 Å². The van der Waals surface area contributed by atoms with E-state index in [0.717, 1.165) is 6.42 Å². The number of aromatic nitrogens is 5. The fourth-order valence-corrected chi connectivity index (χ4v) is 2.23. The Morgan fingerprint density at radius 3 is 2.89 bits per heavy atom. The molecule has 0 amide bonds. The normalized spacial score (nSPS) is 11.4. The third-order valence-electron chi connectivity index (χ3n) is 2.22.